The molecule has 1 aliphatic heterocycles. The number of aromatic nitrogens is 1. The van der Waals surface area contributed by atoms with Crippen LogP contribution in [0, 0.1) is 5.92 Å². The van der Waals surface area contributed by atoms with Crippen LogP contribution in [0.2, 0.25) is 0 Å². The molecule has 2 heterocycles. The van der Waals surface area contributed by atoms with Crippen LogP contribution in [0.1, 0.15) is 38.1 Å². The van der Waals surface area contributed by atoms with E-state index in [9.17, 15) is 5.11 Å². The topological polar surface area (TPSA) is 49.5 Å². The smallest absolute Gasteiger partial charge is 0.166 e. The molecule has 3 rings (SSSR count). The van der Waals surface area contributed by atoms with Gasteiger partial charge < -0.3 is 14.5 Å². The lowest BCUT2D eigenvalue weighted by Crippen LogP contribution is -2.29. The standard InChI is InChI=1S/C18H24N2O2/c1-2-14(13-20-10-6-7-11-20)18(21)17-12-16(19-22-17)15-8-4-3-5-9-15/h3-5,8-9,12,14,18,21H,2,6-7,10-11,13H2,1H3/t14-,18-/m1/s1. The summed E-state index contributed by atoms with van der Waals surface area (Å²) < 4.78 is 5.41. The van der Waals surface area contributed by atoms with Crippen LogP contribution >= 0.6 is 0 Å². The van der Waals surface area contributed by atoms with E-state index < -0.39 is 6.10 Å². The molecule has 0 spiro atoms. The molecule has 2 atom stereocenters. The van der Waals surface area contributed by atoms with E-state index in [4.69, 9.17) is 4.52 Å². The van der Waals surface area contributed by atoms with Gasteiger partial charge in [0.05, 0.1) is 0 Å². The van der Waals surface area contributed by atoms with Gasteiger partial charge in [0, 0.05) is 24.1 Å². The summed E-state index contributed by atoms with van der Waals surface area (Å²) in [5.41, 5.74) is 1.79. The zero-order chi connectivity index (χ0) is 15.4. The minimum absolute atomic E-state index is 0.190. The van der Waals surface area contributed by atoms with E-state index in [1.54, 1.807) is 0 Å². The zero-order valence-electron chi connectivity index (χ0n) is 13.1. The fraction of sp³-hybridized carbons (Fsp3) is 0.500. The Labute approximate surface area is 131 Å². The number of hydrogen-bond acceptors (Lipinski definition) is 4. The highest BCUT2D eigenvalue weighted by Crippen LogP contribution is 2.29. The molecule has 0 unspecified atom stereocenters. The van der Waals surface area contributed by atoms with Crippen molar-refractivity contribution in [3.05, 3.63) is 42.2 Å². The van der Waals surface area contributed by atoms with Gasteiger partial charge in [-0.05, 0) is 32.4 Å². The van der Waals surface area contributed by atoms with E-state index >= 15 is 0 Å². The summed E-state index contributed by atoms with van der Waals surface area (Å²) >= 11 is 0. The first-order valence-corrected chi connectivity index (χ1v) is 8.20. The van der Waals surface area contributed by atoms with Gasteiger partial charge in [-0.2, -0.15) is 0 Å². The molecule has 0 amide bonds. The maximum atomic E-state index is 10.6. The number of likely N-dealkylation sites (tertiary alicyclic amines) is 1. The molecule has 1 fully saturated rings. The summed E-state index contributed by atoms with van der Waals surface area (Å²) in [7, 11) is 0. The lowest BCUT2D eigenvalue weighted by atomic mass is 9.96. The fourth-order valence-corrected chi connectivity index (χ4v) is 3.16. The van der Waals surface area contributed by atoms with Crippen molar-refractivity contribution in [2.45, 2.75) is 32.3 Å². The monoisotopic (exact) mass is 300 g/mol. The number of aliphatic hydroxyl groups excluding tert-OH is 1. The highest BCUT2D eigenvalue weighted by molar-refractivity contribution is 5.58. The van der Waals surface area contributed by atoms with Gasteiger partial charge in [0.1, 0.15) is 11.8 Å². The minimum atomic E-state index is -0.587. The Kier molecular flexibility index (Phi) is 4.90. The Bertz CT molecular complexity index is 576. The second kappa shape index (κ2) is 7.07. The Morgan fingerprint density at radius 3 is 2.64 bits per heavy atom. The number of hydrogen-bond donors (Lipinski definition) is 1. The predicted molar refractivity (Wildman–Crippen MR) is 86.4 cm³/mol. The third kappa shape index (κ3) is 3.39. The van der Waals surface area contributed by atoms with E-state index in [0.717, 1.165) is 37.3 Å². The molecule has 1 saturated heterocycles. The molecular formula is C18H24N2O2. The van der Waals surface area contributed by atoms with E-state index in [2.05, 4.69) is 17.0 Å². The van der Waals surface area contributed by atoms with Crippen molar-refractivity contribution in [2.24, 2.45) is 5.92 Å². The third-order valence-electron chi connectivity index (χ3n) is 4.55. The van der Waals surface area contributed by atoms with E-state index in [0.29, 0.717) is 5.76 Å². The van der Waals surface area contributed by atoms with Crippen molar-refractivity contribution >= 4 is 0 Å². The molecule has 4 nitrogen and oxygen atoms in total. The molecule has 118 valence electrons. The molecule has 0 radical (unpaired) electrons. The van der Waals surface area contributed by atoms with E-state index in [-0.39, 0.29) is 5.92 Å². The van der Waals surface area contributed by atoms with Gasteiger partial charge in [-0.15, -0.1) is 0 Å². The van der Waals surface area contributed by atoms with E-state index in [1.807, 2.05) is 36.4 Å². The largest absolute Gasteiger partial charge is 0.385 e. The van der Waals surface area contributed by atoms with Crippen LogP contribution in [-0.2, 0) is 0 Å². The Balaban J connectivity index is 1.70. The Morgan fingerprint density at radius 2 is 1.95 bits per heavy atom. The average Bonchev–Trinajstić information content (AvgIpc) is 3.24. The van der Waals surface area contributed by atoms with Gasteiger partial charge in [-0.3, -0.25) is 0 Å². The second-order valence-corrected chi connectivity index (χ2v) is 6.10. The fourth-order valence-electron chi connectivity index (χ4n) is 3.16. The van der Waals surface area contributed by atoms with Gasteiger partial charge >= 0.3 is 0 Å². The summed E-state index contributed by atoms with van der Waals surface area (Å²) in [4.78, 5) is 2.44. The van der Waals surface area contributed by atoms with Crippen molar-refractivity contribution in [3.63, 3.8) is 0 Å². The number of benzene rings is 1. The highest BCUT2D eigenvalue weighted by Gasteiger charge is 2.26. The van der Waals surface area contributed by atoms with Crippen molar-refractivity contribution in [3.8, 4) is 11.3 Å². The molecule has 1 aromatic carbocycles. The first-order valence-electron chi connectivity index (χ1n) is 8.20. The first-order chi connectivity index (χ1) is 10.8. The Hall–Kier alpha value is -1.65. The van der Waals surface area contributed by atoms with Crippen molar-refractivity contribution in [1.29, 1.82) is 0 Å². The molecule has 0 saturated carbocycles. The summed E-state index contributed by atoms with van der Waals surface area (Å²) in [6, 6.07) is 11.8. The average molecular weight is 300 g/mol. The molecule has 2 aromatic rings. The summed E-state index contributed by atoms with van der Waals surface area (Å²) in [5, 5.41) is 14.7. The van der Waals surface area contributed by atoms with Gasteiger partial charge in [-0.1, -0.05) is 42.4 Å². The van der Waals surface area contributed by atoms with Crippen LogP contribution in [0.5, 0.6) is 0 Å². The van der Waals surface area contributed by atoms with Crippen molar-refractivity contribution in [2.75, 3.05) is 19.6 Å². The summed E-state index contributed by atoms with van der Waals surface area (Å²) in [6.45, 7) is 5.35. The molecular weight excluding hydrogens is 276 g/mol. The van der Waals surface area contributed by atoms with Gasteiger partial charge in [-0.25, -0.2) is 0 Å². The van der Waals surface area contributed by atoms with Crippen molar-refractivity contribution < 1.29 is 9.63 Å². The molecule has 0 aliphatic carbocycles. The van der Waals surface area contributed by atoms with Crippen molar-refractivity contribution in [1.82, 2.24) is 10.1 Å². The quantitative estimate of drug-likeness (QED) is 0.887. The number of nitrogens with zero attached hydrogens (tertiary/aromatic N) is 2. The molecule has 22 heavy (non-hydrogen) atoms. The first kappa shape index (κ1) is 15.3. The Morgan fingerprint density at radius 1 is 1.23 bits per heavy atom. The summed E-state index contributed by atoms with van der Waals surface area (Å²) in [5.74, 6) is 0.763. The number of aliphatic hydroxyl groups is 1. The van der Waals surface area contributed by atoms with Crippen LogP contribution in [0.4, 0.5) is 0 Å². The summed E-state index contributed by atoms with van der Waals surface area (Å²) in [6.07, 6.45) is 2.88. The van der Waals surface area contributed by atoms with Crippen LogP contribution in [0.25, 0.3) is 11.3 Å². The predicted octanol–water partition coefficient (Wildman–Crippen LogP) is 3.50. The lowest BCUT2D eigenvalue weighted by molar-refractivity contribution is 0.0587. The van der Waals surface area contributed by atoms with Crippen LogP contribution < -0.4 is 0 Å². The van der Waals surface area contributed by atoms with Crippen LogP contribution in [0.15, 0.2) is 40.9 Å². The molecule has 1 N–H and O–H groups in total. The lowest BCUT2D eigenvalue weighted by Gasteiger charge is -2.25. The highest BCUT2D eigenvalue weighted by atomic mass is 16.5. The molecule has 1 aliphatic rings. The third-order valence-corrected chi connectivity index (χ3v) is 4.55. The van der Waals surface area contributed by atoms with Gasteiger partial charge in [0.2, 0.25) is 0 Å². The molecule has 1 aromatic heterocycles. The molecule has 4 heteroatoms. The number of rotatable bonds is 6. The normalized spacial score (nSPS) is 18.5. The maximum absolute atomic E-state index is 10.6. The van der Waals surface area contributed by atoms with Crippen LogP contribution in [0.3, 0.4) is 0 Å². The van der Waals surface area contributed by atoms with Gasteiger partial charge in [0.25, 0.3) is 0 Å². The van der Waals surface area contributed by atoms with Crippen LogP contribution in [-0.4, -0.2) is 34.8 Å². The maximum Gasteiger partial charge on any atom is 0.166 e. The molecule has 0 bridgehead atoms. The SMILES string of the molecule is CC[C@H](CN1CCCC1)[C@@H](O)c1cc(-c2ccccc2)no1. The van der Waals surface area contributed by atoms with Gasteiger partial charge in [0.15, 0.2) is 5.76 Å². The second-order valence-electron chi connectivity index (χ2n) is 6.10. The van der Waals surface area contributed by atoms with E-state index in [1.165, 1.54) is 12.8 Å². The zero-order valence-corrected chi connectivity index (χ0v) is 13.1. The minimum Gasteiger partial charge on any atom is -0.385 e.